The molecule has 52 heavy (non-hydrogen) atoms. The smallest absolute Gasteiger partial charge is 0.410 e. The average Bonchev–Trinajstić information content (AvgIpc) is 3.35. The van der Waals surface area contributed by atoms with E-state index in [1.165, 1.54) is 14.0 Å². The number of unbranched alkanes of at least 4 members (excludes halogenated alkanes) is 1. The Hall–Kier alpha value is -2.45. The summed E-state index contributed by atoms with van der Waals surface area (Å²) in [5.74, 6) is -3.86. The highest BCUT2D eigenvalue weighted by Gasteiger charge is 2.60. The van der Waals surface area contributed by atoms with Gasteiger partial charge in [0.25, 0.3) is 5.67 Å². The molecular formula is C35H60FN6O9P. The van der Waals surface area contributed by atoms with Crippen molar-refractivity contribution >= 4 is 26.3 Å². The molecule has 15 nitrogen and oxygen atoms in total. The van der Waals surface area contributed by atoms with Gasteiger partial charge in [-0.3, -0.25) is 14.3 Å². The minimum absolute atomic E-state index is 0.113. The van der Waals surface area contributed by atoms with E-state index in [1.807, 2.05) is 39.8 Å². The molecule has 3 aliphatic rings. The van der Waals surface area contributed by atoms with Crippen molar-refractivity contribution in [3.63, 3.8) is 0 Å². The van der Waals surface area contributed by atoms with Gasteiger partial charge in [-0.25, -0.2) is 14.0 Å². The van der Waals surface area contributed by atoms with Crippen LogP contribution < -0.4 is 5.32 Å². The maximum absolute atomic E-state index is 16.8. The Morgan fingerprint density at radius 2 is 1.83 bits per heavy atom. The number of fused-ring (bicyclic) bond motifs is 1. The number of hydrogen-bond donors (Lipinski definition) is 1. The van der Waals surface area contributed by atoms with Crippen molar-refractivity contribution in [3.8, 4) is 0 Å². The van der Waals surface area contributed by atoms with Gasteiger partial charge in [0.05, 0.1) is 23.9 Å². The number of methoxy groups -OCH3 is 1. The van der Waals surface area contributed by atoms with Crippen LogP contribution in [0.2, 0.25) is 0 Å². The van der Waals surface area contributed by atoms with Crippen LogP contribution in [0.1, 0.15) is 87.5 Å². The topological polar surface area (TPSA) is 182 Å². The molecule has 13 atom stereocenters. The quantitative estimate of drug-likeness (QED) is 0.0539. The van der Waals surface area contributed by atoms with Crippen LogP contribution in [0.5, 0.6) is 0 Å². The van der Waals surface area contributed by atoms with E-state index < -0.39 is 76.9 Å². The Bertz CT molecular complexity index is 1320. The van der Waals surface area contributed by atoms with Gasteiger partial charge in [0.15, 0.2) is 26.1 Å². The third-order valence-corrected chi connectivity index (χ3v) is 12.0. The van der Waals surface area contributed by atoms with Crippen LogP contribution in [-0.2, 0) is 37.8 Å². The summed E-state index contributed by atoms with van der Waals surface area (Å²) in [7, 11) is 5.04. The van der Waals surface area contributed by atoms with Gasteiger partial charge in [-0.2, -0.15) is 0 Å². The predicted molar refractivity (Wildman–Crippen MR) is 192 cm³/mol. The molecule has 0 aromatic heterocycles. The minimum atomic E-state index is -3.13. The lowest BCUT2D eigenvalue weighted by Gasteiger charge is -2.46. The zero-order valence-electron chi connectivity index (χ0n) is 32.7. The average molecular weight is 759 g/mol. The maximum Gasteiger partial charge on any atom is 0.410 e. The standard InChI is InChI=1S/C35H60FN6O9P/c1-12-25-35(8)27(42(32(45)51-35)16-14-13-15-39-40-37)23(5)38-19-20(2)18-33(6,47-11)29(22(4)28(43)34(7,36)31(44)49-25)50-30-26(52-46)24(41(9)10)17-21(3)48-30/h20-27,29-30,38H,12-19H2,1-11H3/t20-,21?,22+,23-,24?,25-,26?,27-,29-,30+,33-,34+,35-/m1/s1. The highest BCUT2D eigenvalue weighted by Crippen LogP contribution is 2.41. The molecule has 0 bridgehead atoms. The molecule has 3 rings (SSSR count). The Balaban J connectivity index is 2.09. The Morgan fingerprint density at radius 1 is 1.15 bits per heavy atom. The molecule has 1 N–H and O–H groups in total. The second-order valence-corrected chi connectivity index (χ2v) is 16.4. The number of hydrogen-bond acceptors (Lipinski definition) is 12. The van der Waals surface area contributed by atoms with Gasteiger partial charge in [0.2, 0.25) is 0 Å². The van der Waals surface area contributed by atoms with E-state index in [1.54, 1.807) is 25.7 Å². The van der Waals surface area contributed by atoms with Gasteiger partial charge in [-0.15, -0.1) is 0 Å². The summed E-state index contributed by atoms with van der Waals surface area (Å²) in [5.41, 5.74) is 2.27. The van der Waals surface area contributed by atoms with Crippen LogP contribution in [0.3, 0.4) is 0 Å². The predicted octanol–water partition coefficient (Wildman–Crippen LogP) is 5.45. The molecule has 3 saturated heterocycles. The van der Waals surface area contributed by atoms with Gasteiger partial charge in [-0.1, -0.05) is 25.9 Å². The highest BCUT2D eigenvalue weighted by molar-refractivity contribution is 7.25. The first-order chi connectivity index (χ1) is 24.3. The van der Waals surface area contributed by atoms with E-state index >= 15 is 4.39 Å². The van der Waals surface area contributed by atoms with Gasteiger partial charge in [0, 0.05) is 43.1 Å². The summed E-state index contributed by atoms with van der Waals surface area (Å²) in [4.78, 5) is 47.8. The number of rotatable bonds is 11. The SMILES string of the molecule is CC[C@H]1OC(=O)[C@@](C)(F)C(=O)[C@H](C)[C@@H](O[C@@H]2OC(C)CC(N(C)C)C2P=O)[C@](C)(OC)C[C@@H](C)CN[C@H](C)[C@H]2N(CCCCN=[N+]=[N-])C(=O)O[C@]12C. The summed E-state index contributed by atoms with van der Waals surface area (Å²) in [6.07, 6.45) is -2.01. The highest BCUT2D eigenvalue weighted by atomic mass is 31.1. The lowest BCUT2D eigenvalue weighted by Crippen LogP contribution is -2.61. The van der Waals surface area contributed by atoms with Crippen LogP contribution >= 0.6 is 8.46 Å². The molecule has 3 unspecified atom stereocenters. The largest absolute Gasteiger partial charge is 0.455 e. The maximum atomic E-state index is 16.8. The lowest BCUT2D eigenvalue weighted by atomic mass is 9.78. The zero-order valence-corrected chi connectivity index (χ0v) is 33.6. The van der Waals surface area contributed by atoms with Crippen molar-refractivity contribution < 1.29 is 47.0 Å². The lowest BCUT2D eigenvalue weighted by molar-refractivity contribution is -0.260. The van der Waals surface area contributed by atoms with Crippen molar-refractivity contribution in [2.45, 2.75) is 153 Å². The van der Waals surface area contributed by atoms with E-state index in [4.69, 9.17) is 29.2 Å². The van der Waals surface area contributed by atoms with Crippen LogP contribution in [0, 0.1) is 11.8 Å². The third kappa shape index (κ3) is 9.43. The van der Waals surface area contributed by atoms with Crippen LogP contribution in [0.4, 0.5) is 9.18 Å². The van der Waals surface area contributed by atoms with Gasteiger partial charge in [-0.05, 0) is 98.8 Å². The molecule has 296 valence electrons. The first-order valence-corrected chi connectivity index (χ1v) is 19.2. The molecule has 0 aliphatic carbocycles. The van der Waals surface area contributed by atoms with Crippen LogP contribution in [0.25, 0.3) is 10.4 Å². The van der Waals surface area contributed by atoms with Crippen molar-refractivity contribution in [3.05, 3.63) is 10.4 Å². The normalized spacial score (nSPS) is 41.1. The van der Waals surface area contributed by atoms with Crippen molar-refractivity contribution in [2.75, 3.05) is 40.8 Å². The zero-order chi connectivity index (χ0) is 39.2. The van der Waals surface area contributed by atoms with E-state index in [2.05, 4.69) is 15.3 Å². The minimum Gasteiger partial charge on any atom is -0.455 e. The van der Waals surface area contributed by atoms with Gasteiger partial charge < -0.3 is 33.9 Å². The Labute approximate surface area is 309 Å². The van der Waals surface area contributed by atoms with E-state index in [0.717, 1.165) is 6.92 Å². The second kappa shape index (κ2) is 18.3. The molecule has 0 saturated carbocycles. The number of esters is 1. The second-order valence-electron chi connectivity index (χ2n) is 15.6. The van der Waals surface area contributed by atoms with Crippen molar-refractivity contribution in [2.24, 2.45) is 17.0 Å². The number of alkyl halides is 1. The monoisotopic (exact) mass is 758 g/mol. The number of Topliss-reactive ketones (excluding diaryl/α,β-unsaturated/α-hetero) is 1. The fraction of sp³-hybridized carbons (Fsp3) is 0.914. The van der Waals surface area contributed by atoms with E-state index in [0.29, 0.717) is 32.2 Å². The first kappa shape index (κ1) is 44.0. The molecule has 0 aromatic carbocycles. The van der Waals surface area contributed by atoms with Crippen LogP contribution in [-0.4, -0.2) is 134 Å². The number of halogens is 1. The molecular weight excluding hydrogens is 698 g/mol. The first-order valence-electron chi connectivity index (χ1n) is 18.4. The number of nitrogens with zero attached hydrogens (tertiary/aromatic N) is 5. The third-order valence-electron chi connectivity index (χ3n) is 11.2. The molecule has 0 aromatic rings. The molecule has 3 aliphatic heterocycles. The summed E-state index contributed by atoms with van der Waals surface area (Å²) < 4.78 is 60.2. The van der Waals surface area contributed by atoms with Gasteiger partial charge in [0.1, 0.15) is 11.8 Å². The number of ketones is 1. The number of ether oxygens (including phenoxy) is 5. The van der Waals surface area contributed by atoms with E-state index in [9.17, 15) is 18.9 Å². The van der Waals surface area contributed by atoms with Crippen molar-refractivity contribution in [1.29, 1.82) is 0 Å². The summed E-state index contributed by atoms with van der Waals surface area (Å²) in [6.45, 7) is 14.3. The number of cyclic esters (lactones) is 1. The summed E-state index contributed by atoms with van der Waals surface area (Å²) >= 11 is 0. The summed E-state index contributed by atoms with van der Waals surface area (Å²) in [6, 6.07) is -1.23. The number of azide groups is 1. The van der Waals surface area contributed by atoms with Crippen molar-refractivity contribution in [1.82, 2.24) is 15.1 Å². The molecule has 3 heterocycles. The molecule has 0 spiro atoms. The molecule has 1 amide bonds. The Kier molecular flexibility index (Phi) is 15.4. The van der Waals surface area contributed by atoms with Gasteiger partial charge >= 0.3 is 12.1 Å². The Morgan fingerprint density at radius 3 is 2.40 bits per heavy atom. The van der Waals surface area contributed by atoms with E-state index in [-0.39, 0.29) is 46.0 Å². The number of nitrogens with one attached hydrogen (secondary N) is 1. The molecule has 17 heteroatoms. The fourth-order valence-corrected chi connectivity index (χ4v) is 9.06. The fourth-order valence-electron chi connectivity index (χ4n) is 8.29. The summed E-state index contributed by atoms with van der Waals surface area (Å²) in [5, 5.41) is 7.13. The molecule has 0 radical (unpaired) electrons. The number of amides is 1. The van der Waals surface area contributed by atoms with Crippen LogP contribution in [0.15, 0.2) is 5.11 Å². The number of carbonyl (C=O) groups is 3. The number of carbonyl (C=O) groups excluding carboxylic acids is 3. The molecule has 3 fully saturated rings.